The maximum absolute atomic E-state index is 10.6. The monoisotopic (exact) mass is 184 g/mol. The van der Waals surface area contributed by atoms with Crippen LogP contribution >= 0.6 is 0 Å². The fourth-order valence-electron chi connectivity index (χ4n) is 1.53. The summed E-state index contributed by atoms with van der Waals surface area (Å²) in [6.07, 6.45) is 3.11. The highest BCUT2D eigenvalue weighted by molar-refractivity contribution is 5.58. The molecule has 0 aromatic heterocycles. The van der Waals surface area contributed by atoms with E-state index < -0.39 is 11.9 Å². The minimum Gasteiger partial charge on any atom is -0.339 e. The molecule has 1 aliphatic rings. The van der Waals surface area contributed by atoms with Gasteiger partial charge in [-0.25, -0.2) is 0 Å². The summed E-state index contributed by atoms with van der Waals surface area (Å²) in [5, 5.41) is 0. The Balaban J connectivity index is 2.75. The Kier molecular flexibility index (Phi) is 3.22. The molecular weight excluding hydrogens is 168 g/mol. The summed E-state index contributed by atoms with van der Waals surface area (Å²) in [6, 6.07) is 0. The van der Waals surface area contributed by atoms with Crippen LogP contribution in [-0.2, 0) is 14.3 Å². The van der Waals surface area contributed by atoms with E-state index in [-0.39, 0.29) is 6.10 Å². The van der Waals surface area contributed by atoms with E-state index in [0.29, 0.717) is 0 Å². The Hall–Kier alpha value is -0.670. The molecule has 13 heavy (non-hydrogen) atoms. The molecule has 1 heterocycles. The highest BCUT2D eigenvalue weighted by atomic mass is 16.8. The molecule has 0 aromatic rings. The first kappa shape index (κ1) is 10.4. The van der Waals surface area contributed by atoms with Crippen LogP contribution in [0.5, 0.6) is 0 Å². The molecule has 1 rings (SSSR count). The summed E-state index contributed by atoms with van der Waals surface area (Å²) in [5.74, 6) is -0.579. The molecule has 3 heteroatoms. The van der Waals surface area contributed by atoms with Crippen LogP contribution in [0.3, 0.4) is 0 Å². The van der Waals surface area contributed by atoms with Crippen molar-refractivity contribution in [3.63, 3.8) is 0 Å². The van der Waals surface area contributed by atoms with Gasteiger partial charge in [0.1, 0.15) is 12.2 Å². The van der Waals surface area contributed by atoms with Gasteiger partial charge in [-0.1, -0.05) is 19.9 Å². The lowest BCUT2D eigenvalue weighted by atomic mass is 10.1. The second-order valence-corrected chi connectivity index (χ2v) is 3.15. The molecule has 0 N–H and O–H groups in total. The van der Waals surface area contributed by atoms with E-state index in [0.717, 1.165) is 19.1 Å². The van der Waals surface area contributed by atoms with Crippen LogP contribution in [0.2, 0.25) is 0 Å². The Labute approximate surface area is 78.7 Å². The summed E-state index contributed by atoms with van der Waals surface area (Å²) in [7, 11) is 0. The predicted molar refractivity (Wildman–Crippen MR) is 49.3 cm³/mol. The highest BCUT2D eigenvalue weighted by Gasteiger charge is 2.43. The van der Waals surface area contributed by atoms with Crippen LogP contribution < -0.4 is 0 Å². The average molecular weight is 184 g/mol. The lowest BCUT2D eigenvalue weighted by Gasteiger charge is -2.24. The predicted octanol–water partition coefficient (Wildman–Crippen LogP) is 1.67. The zero-order chi connectivity index (χ0) is 9.90. The molecule has 74 valence electrons. The molecule has 0 radical (unpaired) electrons. The van der Waals surface area contributed by atoms with Crippen molar-refractivity contribution in [1.82, 2.24) is 0 Å². The molecule has 0 aromatic carbocycles. The number of aldehydes is 1. The third kappa shape index (κ3) is 1.81. The third-order valence-corrected chi connectivity index (χ3v) is 2.47. The van der Waals surface area contributed by atoms with Crippen LogP contribution in [0.15, 0.2) is 12.7 Å². The van der Waals surface area contributed by atoms with Crippen molar-refractivity contribution in [2.45, 2.75) is 44.7 Å². The second-order valence-electron chi connectivity index (χ2n) is 3.15. The largest absolute Gasteiger partial charge is 0.339 e. The minimum absolute atomic E-state index is 0.294. The molecule has 1 aliphatic heterocycles. The van der Waals surface area contributed by atoms with Crippen molar-refractivity contribution in [3.05, 3.63) is 12.7 Å². The van der Waals surface area contributed by atoms with Gasteiger partial charge in [0.05, 0.1) is 0 Å². The van der Waals surface area contributed by atoms with Crippen molar-refractivity contribution >= 4 is 6.29 Å². The van der Waals surface area contributed by atoms with Crippen LogP contribution in [0, 0.1) is 0 Å². The lowest BCUT2D eigenvalue weighted by Crippen LogP contribution is -2.29. The number of carbonyl (C=O) groups excluding carboxylic acids is 1. The number of hydrogen-bond donors (Lipinski definition) is 0. The Morgan fingerprint density at radius 1 is 1.31 bits per heavy atom. The van der Waals surface area contributed by atoms with Gasteiger partial charge >= 0.3 is 0 Å². The smallest absolute Gasteiger partial charge is 0.169 e. The molecule has 0 spiro atoms. The normalized spacial score (nSPS) is 31.5. The summed E-state index contributed by atoms with van der Waals surface area (Å²) >= 11 is 0. The molecule has 3 nitrogen and oxygen atoms in total. The van der Waals surface area contributed by atoms with Crippen LogP contribution in [0.1, 0.15) is 26.7 Å². The van der Waals surface area contributed by atoms with Crippen molar-refractivity contribution in [1.29, 1.82) is 0 Å². The Bertz CT molecular complexity index is 178. The summed E-state index contributed by atoms with van der Waals surface area (Å²) < 4.78 is 11.2. The first-order chi connectivity index (χ1) is 6.21. The lowest BCUT2D eigenvalue weighted by molar-refractivity contribution is -0.176. The zero-order valence-electron chi connectivity index (χ0n) is 8.16. The van der Waals surface area contributed by atoms with E-state index in [1.165, 1.54) is 0 Å². The third-order valence-electron chi connectivity index (χ3n) is 2.47. The van der Waals surface area contributed by atoms with E-state index in [1.807, 2.05) is 13.8 Å². The van der Waals surface area contributed by atoms with E-state index in [9.17, 15) is 4.79 Å². The maximum Gasteiger partial charge on any atom is 0.169 e. The zero-order valence-corrected chi connectivity index (χ0v) is 8.16. The molecular formula is C10H16O3. The van der Waals surface area contributed by atoms with Gasteiger partial charge in [0.25, 0.3) is 0 Å². The van der Waals surface area contributed by atoms with Crippen molar-refractivity contribution in [2.75, 3.05) is 0 Å². The van der Waals surface area contributed by atoms with Crippen molar-refractivity contribution < 1.29 is 14.3 Å². The van der Waals surface area contributed by atoms with Gasteiger partial charge in [0, 0.05) is 0 Å². The maximum atomic E-state index is 10.6. The summed E-state index contributed by atoms with van der Waals surface area (Å²) in [4.78, 5) is 10.6. The fourth-order valence-corrected chi connectivity index (χ4v) is 1.53. The topological polar surface area (TPSA) is 35.5 Å². The first-order valence-corrected chi connectivity index (χ1v) is 4.64. The molecule has 1 saturated heterocycles. The van der Waals surface area contributed by atoms with E-state index in [2.05, 4.69) is 6.58 Å². The molecule has 0 saturated carbocycles. The summed E-state index contributed by atoms with van der Waals surface area (Å²) in [6.45, 7) is 7.58. The van der Waals surface area contributed by atoms with E-state index in [1.54, 1.807) is 6.08 Å². The van der Waals surface area contributed by atoms with Gasteiger partial charge in [0.2, 0.25) is 0 Å². The molecule has 1 unspecified atom stereocenters. The second kappa shape index (κ2) is 4.03. The summed E-state index contributed by atoms with van der Waals surface area (Å²) in [5.41, 5.74) is 0. The Morgan fingerprint density at radius 3 is 2.15 bits per heavy atom. The standard InChI is InChI=1S/C10H16O3/c1-4-8-9(7-11)13-10(5-2,6-3)12-8/h4,7-9H,1,5-6H2,2-3H3/t8-,9?/m1/s1. The molecule has 2 atom stereocenters. The van der Waals surface area contributed by atoms with Crippen LogP contribution in [0.25, 0.3) is 0 Å². The van der Waals surface area contributed by atoms with Gasteiger partial charge in [0.15, 0.2) is 12.1 Å². The average Bonchev–Trinajstić information content (AvgIpc) is 2.57. The van der Waals surface area contributed by atoms with Gasteiger partial charge < -0.3 is 14.3 Å². The van der Waals surface area contributed by atoms with Crippen LogP contribution in [0.4, 0.5) is 0 Å². The van der Waals surface area contributed by atoms with Crippen molar-refractivity contribution in [3.8, 4) is 0 Å². The molecule has 0 amide bonds. The number of rotatable bonds is 4. The number of ether oxygens (including phenoxy) is 2. The molecule has 0 aliphatic carbocycles. The van der Waals surface area contributed by atoms with E-state index >= 15 is 0 Å². The molecule has 1 fully saturated rings. The fraction of sp³-hybridized carbons (Fsp3) is 0.700. The first-order valence-electron chi connectivity index (χ1n) is 4.64. The van der Waals surface area contributed by atoms with Gasteiger partial charge in [-0.3, -0.25) is 0 Å². The quantitative estimate of drug-likeness (QED) is 0.492. The van der Waals surface area contributed by atoms with Crippen LogP contribution in [-0.4, -0.2) is 24.3 Å². The highest BCUT2D eigenvalue weighted by Crippen LogP contribution is 2.33. The van der Waals surface area contributed by atoms with Gasteiger partial charge in [-0.2, -0.15) is 0 Å². The van der Waals surface area contributed by atoms with Crippen molar-refractivity contribution in [2.24, 2.45) is 0 Å². The number of carbonyl (C=O) groups is 1. The van der Waals surface area contributed by atoms with Gasteiger partial charge in [-0.15, -0.1) is 6.58 Å². The Morgan fingerprint density at radius 2 is 1.85 bits per heavy atom. The SMILES string of the molecule is C=C[C@H]1OC(CC)(CC)OC1C=O. The molecule has 0 bridgehead atoms. The minimum atomic E-state index is -0.579. The van der Waals surface area contributed by atoms with E-state index in [4.69, 9.17) is 9.47 Å². The number of hydrogen-bond acceptors (Lipinski definition) is 3. The van der Waals surface area contributed by atoms with Gasteiger partial charge in [-0.05, 0) is 12.8 Å².